The minimum atomic E-state index is -3.88. The molecule has 0 radical (unpaired) electrons. The number of rotatable bonds is 12. The molecule has 0 aliphatic heterocycles. The van der Waals surface area contributed by atoms with Gasteiger partial charge in [-0.2, -0.15) is 0 Å². The van der Waals surface area contributed by atoms with E-state index in [1.165, 1.54) is 0 Å². The molecule has 59 heavy (non-hydrogen) atoms. The summed E-state index contributed by atoms with van der Waals surface area (Å²) in [5.74, 6) is 0. The third-order valence-electron chi connectivity index (χ3n) is 10.3. The van der Waals surface area contributed by atoms with Crippen LogP contribution in [0.1, 0.15) is 0 Å². The molecule has 0 aliphatic rings. The summed E-state index contributed by atoms with van der Waals surface area (Å²) in [6.07, 6.45) is 0. The molecular formula is C54H42ClN3Te. The molecule has 0 spiro atoms. The number of halogens is 1. The van der Waals surface area contributed by atoms with Crippen LogP contribution in [0.2, 0.25) is 0 Å². The fraction of sp³-hybridized carbons (Fsp3) is 0. The standard InChI is InChI=1S/C54H42ClN3Te/c55-59(52-37-31-49(32-38-52)56(43-19-7-1-8-20-43)44-21-9-2-10-22-44,53-39-33-50(34-40-53)57(45-23-11-3-12-24-45)46-25-13-4-14-26-46)54-41-35-51(36-42-54)58(47-27-15-5-16-28-47)48-29-17-6-18-30-48/h1-42H. The van der Waals surface area contributed by atoms with Crippen molar-refractivity contribution < 1.29 is 0 Å². The molecule has 0 N–H and O–H groups in total. The van der Waals surface area contributed by atoms with Crippen molar-refractivity contribution in [3.63, 3.8) is 0 Å². The van der Waals surface area contributed by atoms with Crippen LogP contribution < -0.4 is 25.5 Å². The second kappa shape index (κ2) is 17.5. The van der Waals surface area contributed by atoms with Gasteiger partial charge in [-0.15, -0.1) is 0 Å². The third kappa shape index (κ3) is 8.00. The first-order chi connectivity index (χ1) is 29.2. The molecule has 0 fully saturated rings. The van der Waals surface area contributed by atoms with Crippen molar-refractivity contribution in [1.29, 1.82) is 0 Å². The number of hydrogen-bond acceptors (Lipinski definition) is 3. The van der Waals surface area contributed by atoms with Crippen molar-refractivity contribution in [2.24, 2.45) is 0 Å². The third-order valence-corrected chi connectivity index (χ3v) is 21.8. The second-order valence-corrected chi connectivity index (χ2v) is 24.2. The Morgan fingerprint density at radius 2 is 0.356 bits per heavy atom. The molecule has 0 saturated carbocycles. The van der Waals surface area contributed by atoms with E-state index in [2.05, 4.69) is 269 Å². The fourth-order valence-electron chi connectivity index (χ4n) is 7.56. The summed E-state index contributed by atoms with van der Waals surface area (Å²) in [6.45, 7) is 0. The summed E-state index contributed by atoms with van der Waals surface area (Å²) >= 11 is -3.88. The Morgan fingerprint density at radius 3 is 0.525 bits per heavy atom. The van der Waals surface area contributed by atoms with Crippen LogP contribution >= 0.6 is 8.96 Å². The SMILES string of the molecule is Cl[Te](c1ccc(N(c2ccccc2)c2ccccc2)cc1)(c1ccc(N(c2ccccc2)c2ccccc2)cc1)c1ccc(N(c2ccccc2)c2ccccc2)cc1. The molecule has 0 bridgehead atoms. The summed E-state index contributed by atoms with van der Waals surface area (Å²) in [4.78, 5) is 6.88. The van der Waals surface area contributed by atoms with Gasteiger partial charge in [-0.3, -0.25) is 0 Å². The van der Waals surface area contributed by atoms with Gasteiger partial charge in [0.25, 0.3) is 0 Å². The zero-order chi connectivity index (χ0) is 39.9. The van der Waals surface area contributed by atoms with Crippen molar-refractivity contribution in [3.8, 4) is 0 Å². The topological polar surface area (TPSA) is 9.72 Å². The summed E-state index contributed by atoms with van der Waals surface area (Å²) in [7, 11) is 8.36. The summed E-state index contributed by atoms with van der Waals surface area (Å²) in [5, 5.41) is 0. The molecule has 0 aromatic heterocycles. The Morgan fingerprint density at radius 1 is 0.203 bits per heavy atom. The molecule has 0 aliphatic carbocycles. The molecule has 9 rings (SSSR count). The number of benzene rings is 9. The Hall–Kier alpha value is -6.54. The molecule has 9 aromatic carbocycles. The molecule has 0 heterocycles. The van der Waals surface area contributed by atoms with Crippen molar-refractivity contribution in [1.82, 2.24) is 0 Å². The average Bonchev–Trinajstić information content (AvgIpc) is 3.32. The normalized spacial score (nSPS) is 11.4. The molecule has 9 aromatic rings. The quantitative estimate of drug-likeness (QED) is 0.113. The van der Waals surface area contributed by atoms with Gasteiger partial charge < -0.3 is 0 Å². The van der Waals surface area contributed by atoms with Crippen LogP contribution in [0.15, 0.2) is 255 Å². The van der Waals surface area contributed by atoms with Crippen LogP contribution in [-0.2, 0) is 0 Å². The monoisotopic (exact) mass is 897 g/mol. The van der Waals surface area contributed by atoms with E-state index in [9.17, 15) is 0 Å². The zero-order valence-corrected chi connectivity index (χ0v) is 35.5. The van der Waals surface area contributed by atoms with E-state index in [0.717, 1.165) is 62.0 Å². The van der Waals surface area contributed by atoms with E-state index in [1.807, 2.05) is 0 Å². The molecule has 0 atom stereocenters. The van der Waals surface area contributed by atoms with Gasteiger partial charge in [0.2, 0.25) is 0 Å². The van der Waals surface area contributed by atoms with Gasteiger partial charge in [-0.25, -0.2) is 0 Å². The van der Waals surface area contributed by atoms with E-state index in [0.29, 0.717) is 0 Å². The number of hydrogen-bond donors (Lipinski definition) is 0. The van der Waals surface area contributed by atoms with Crippen LogP contribution in [0.3, 0.4) is 0 Å². The van der Waals surface area contributed by atoms with Crippen LogP contribution in [0.25, 0.3) is 0 Å². The molecule has 0 unspecified atom stereocenters. The summed E-state index contributed by atoms with van der Waals surface area (Å²) in [6, 6.07) is 90.0. The number of nitrogens with zero attached hydrogens (tertiary/aromatic N) is 3. The predicted octanol–water partition coefficient (Wildman–Crippen LogP) is 13.3. The van der Waals surface area contributed by atoms with Crippen LogP contribution in [0.5, 0.6) is 0 Å². The molecule has 286 valence electrons. The van der Waals surface area contributed by atoms with Gasteiger partial charge in [0.1, 0.15) is 0 Å². The Balaban J connectivity index is 1.15. The van der Waals surface area contributed by atoms with E-state index < -0.39 is 17.1 Å². The van der Waals surface area contributed by atoms with Crippen molar-refractivity contribution in [3.05, 3.63) is 255 Å². The molecule has 5 heteroatoms. The molecule has 0 saturated heterocycles. The first-order valence-electron chi connectivity index (χ1n) is 19.7. The summed E-state index contributed by atoms with van der Waals surface area (Å²) < 4.78 is 3.47. The zero-order valence-electron chi connectivity index (χ0n) is 32.4. The van der Waals surface area contributed by atoms with Gasteiger partial charge in [0.15, 0.2) is 0 Å². The fourth-order valence-corrected chi connectivity index (χ4v) is 16.3. The van der Waals surface area contributed by atoms with Gasteiger partial charge in [-0.1, -0.05) is 0 Å². The van der Waals surface area contributed by atoms with E-state index in [4.69, 9.17) is 8.96 Å². The van der Waals surface area contributed by atoms with Gasteiger partial charge in [0.05, 0.1) is 0 Å². The van der Waals surface area contributed by atoms with Crippen molar-refractivity contribution in [2.45, 2.75) is 0 Å². The minimum absolute atomic E-state index is 1.07. The van der Waals surface area contributed by atoms with Gasteiger partial charge in [-0.05, 0) is 0 Å². The molecule has 3 nitrogen and oxygen atoms in total. The maximum absolute atomic E-state index is 8.36. The number of para-hydroxylation sites is 6. The number of anilines is 9. The van der Waals surface area contributed by atoms with Crippen LogP contribution in [0, 0.1) is 0 Å². The van der Waals surface area contributed by atoms with Gasteiger partial charge >= 0.3 is 358 Å². The Bertz CT molecular complexity index is 2260. The first kappa shape index (κ1) is 38.0. The molecular weight excluding hydrogens is 854 g/mol. The average molecular weight is 896 g/mol. The molecule has 0 amide bonds. The predicted molar refractivity (Wildman–Crippen MR) is 254 cm³/mol. The van der Waals surface area contributed by atoms with Gasteiger partial charge in [0, 0.05) is 0 Å². The first-order valence-corrected chi connectivity index (χ1v) is 26.2. The van der Waals surface area contributed by atoms with Crippen LogP contribution in [-0.4, -0.2) is 17.1 Å². The Labute approximate surface area is 355 Å². The summed E-state index contributed by atoms with van der Waals surface area (Å²) in [5.41, 5.74) is 9.79. The second-order valence-electron chi connectivity index (χ2n) is 14.0. The Kier molecular flexibility index (Phi) is 11.3. The van der Waals surface area contributed by atoms with Crippen molar-refractivity contribution in [2.75, 3.05) is 14.7 Å². The van der Waals surface area contributed by atoms with E-state index in [1.54, 1.807) is 0 Å². The van der Waals surface area contributed by atoms with Crippen LogP contribution in [0.4, 0.5) is 51.2 Å². The van der Waals surface area contributed by atoms with Crippen molar-refractivity contribution >= 4 is 88.0 Å². The van der Waals surface area contributed by atoms with E-state index in [-0.39, 0.29) is 0 Å². The van der Waals surface area contributed by atoms with E-state index >= 15 is 0 Å². The maximum atomic E-state index is 8.36.